The summed E-state index contributed by atoms with van der Waals surface area (Å²) in [4.78, 5) is 6.91. The molecule has 0 saturated heterocycles. The normalized spacial score (nSPS) is 10.7. The van der Waals surface area contributed by atoms with Crippen molar-refractivity contribution in [3.8, 4) is 0 Å². The van der Waals surface area contributed by atoms with E-state index in [4.69, 9.17) is 0 Å². The van der Waals surface area contributed by atoms with Crippen LogP contribution < -0.4 is 10.6 Å². The fraction of sp³-hybridized carbons (Fsp3) is 0.643. The predicted octanol–water partition coefficient (Wildman–Crippen LogP) is 2.66. The monoisotopic (exact) mass is 250 g/mol. The Morgan fingerprint density at radius 2 is 1.61 bits per heavy atom. The lowest BCUT2D eigenvalue weighted by atomic mass is 10.4. The maximum atomic E-state index is 4.52. The van der Waals surface area contributed by atoms with E-state index in [1.807, 2.05) is 18.2 Å². The van der Waals surface area contributed by atoms with Crippen LogP contribution in [0.5, 0.6) is 0 Å². The van der Waals surface area contributed by atoms with E-state index in [0.717, 1.165) is 50.8 Å². The highest BCUT2D eigenvalue weighted by Gasteiger charge is 1.99. The molecule has 0 amide bonds. The Kier molecular flexibility index (Phi) is 7.18. The van der Waals surface area contributed by atoms with Gasteiger partial charge >= 0.3 is 0 Å². The third-order valence-electron chi connectivity index (χ3n) is 2.93. The average Bonchev–Trinajstić information content (AvgIpc) is 2.42. The van der Waals surface area contributed by atoms with E-state index in [1.165, 1.54) is 0 Å². The fourth-order valence-corrected chi connectivity index (χ4v) is 1.77. The zero-order valence-electron chi connectivity index (χ0n) is 11.9. The van der Waals surface area contributed by atoms with Crippen LogP contribution in [0, 0.1) is 0 Å². The molecule has 0 aliphatic heterocycles. The molecule has 0 bridgehead atoms. The summed E-state index contributed by atoms with van der Waals surface area (Å²) in [5.74, 6) is 1.90. The van der Waals surface area contributed by atoms with Gasteiger partial charge in [-0.25, -0.2) is 4.98 Å². The summed E-state index contributed by atoms with van der Waals surface area (Å²) in [6, 6.07) is 6.05. The summed E-state index contributed by atoms with van der Waals surface area (Å²) in [5.41, 5.74) is 0. The van der Waals surface area contributed by atoms with Crippen LogP contribution in [0.3, 0.4) is 0 Å². The van der Waals surface area contributed by atoms with Crippen molar-refractivity contribution in [2.75, 3.05) is 43.4 Å². The van der Waals surface area contributed by atoms with Crippen LogP contribution in [0.4, 0.5) is 11.6 Å². The summed E-state index contributed by atoms with van der Waals surface area (Å²) >= 11 is 0. The molecule has 0 atom stereocenters. The maximum Gasteiger partial charge on any atom is 0.128 e. The second-order valence-electron chi connectivity index (χ2n) is 4.29. The van der Waals surface area contributed by atoms with Crippen LogP contribution in [0.15, 0.2) is 18.2 Å². The molecule has 0 fully saturated rings. The van der Waals surface area contributed by atoms with Gasteiger partial charge < -0.3 is 15.5 Å². The van der Waals surface area contributed by atoms with Crippen LogP contribution in [0.2, 0.25) is 0 Å². The van der Waals surface area contributed by atoms with Crippen LogP contribution in [-0.2, 0) is 0 Å². The number of hydrogen-bond acceptors (Lipinski definition) is 4. The maximum absolute atomic E-state index is 4.52. The van der Waals surface area contributed by atoms with E-state index in [0.29, 0.717) is 0 Å². The summed E-state index contributed by atoms with van der Waals surface area (Å²) < 4.78 is 0. The molecule has 0 saturated carbocycles. The first-order chi connectivity index (χ1) is 8.80. The number of hydrogen-bond donors (Lipinski definition) is 2. The van der Waals surface area contributed by atoms with Gasteiger partial charge in [0.2, 0.25) is 0 Å². The van der Waals surface area contributed by atoms with Gasteiger partial charge in [0.25, 0.3) is 0 Å². The number of rotatable bonds is 9. The molecule has 1 heterocycles. The lowest BCUT2D eigenvalue weighted by Crippen LogP contribution is -2.28. The van der Waals surface area contributed by atoms with Crippen LogP contribution in [0.1, 0.15) is 27.2 Å². The van der Waals surface area contributed by atoms with Crippen molar-refractivity contribution in [3.05, 3.63) is 18.2 Å². The summed E-state index contributed by atoms with van der Waals surface area (Å²) in [6.45, 7) is 11.7. The van der Waals surface area contributed by atoms with Gasteiger partial charge in [0.15, 0.2) is 0 Å². The highest BCUT2D eigenvalue weighted by Crippen LogP contribution is 2.08. The molecule has 0 radical (unpaired) electrons. The molecule has 102 valence electrons. The number of anilines is 2. The third kappa shape index (κ3) is 5.36. The lowest BCUT2D eigenvalue weighted by Gasteiger charge is -2.18. The molecule has 2 N–H and O–H groups in total. The van der Waals surface area contributed by atoms with Crippen LogP contribution in [0.25, 0.3) is 0 Å². The zero-order valence-corrected chi connectivity index (χ0v) is 11.9. The van der Waals surface area contributed by atoms with Crippen molar-refractivity contribution in [1.82, 2.24) is 9.88 Å². The topological polar surface area (TPSA) is 40.2 Å². The molecule has 0 aliphatic carbocycles. The molecule has 4 heteroatoms. The van der Waals surface area contributed by atoms with Gasteiger partial charge in [-0.15, -0.1) is 0 Å². The number of pyridine rings is 1. The predicted molar refractivity (Wildman–Crippen MR) is 79.3 cm³/mol. The van der Waals surface area contributed by atoms with Gasteiger partial charge in [-0.2, -0.15) is 0 Å². The average molecular weight is 250 g/mol. The van der Waals surface area contributed by atoms with Gasteiger partial charge in [-0.05, 0) is 31.6 Å². The Balaban J connectivity index is 2.37. The van der Waals surface area contributed by atoms with E-state index < -0.39 is 0 Å². The van der Waals surface area contributed by atoms with Crippen molar-refractivity contribution in [3.63, 3.8) is 0 Å². The Morgan fingerprint density at radius 1 is 1.00 bits per heavy atom. The summed E-state index contributed by atoms with van der Waals surface area (Å²) in [6.07, 6.45) is 1.11. The highest BCUT2D eigenvalue weighted by molar-refractivity contribution is 5.44. The quantitative estimate of drug-likeness (QED) is 0.707. The molecule has 18 heavy (non-hydrogen) atoms. The van der Waals surface area contributed by atoms with E-state index in [1.54, 1.807) is 0 Å². The van der Waals surface area contributed by atoms with Gasteiger partial charge in [0.1, 0.15) is 11.6 Å². The number of aromatic nitrogens is 1. The Morgan fingerprint density at radius 3 is 2.17 bits per heavy atom. The zero-order chi connectivity index (χ0) is 13.2. The Bertz CT molecular complexity index is 323. The molecular weight excluding hydrogens is 224 g/mol. The fourth-order valence-electron chi connectivity index (χ4n) is 1.77. The van der Waals surface area contributed by atoms with Gasteiger partial charge in [0.05, 0.1) is 0 Å². The molecule has 1 aromatic rings. The highest BCUT2D eigenvalue weighted by atomic mass is 15.1. The van der Waals surface area contributed by atoms with Crippen molar-refractivity contribution in [2.24, 2.45) is 0 Å². The SMILES string of the molecule is CCCNc1cccc(NCCN(CC)CC)n1. The van der Waals surface area contributed by atoms with Crippen molar-refractivity contribution < 1.29 is 0 Å². The second kappa shape index (κ2) is 8.75. The molecule has 1 rings (SSSR count). The standard InChI is InChI=1S/C14H26N4/c1-4-10-15-13-8-7-9-14(17-13)16-11-12-18(5-2)6-3/h7-9H,4-6,10-12H2,1-3H3,(H2,15,16,17). The van der Waals surface area contributed by atoms with E-state index in [9.17, 15) is 0 Å². The van der Waals surface area contributed by atoms with E-state index in [-0.39, 0.29) is 0 Å². The summed E-state index contributed by atoms with van der Waals surface area (Å²) in [7, 11) is 0. The van der Waals surface area contributed by atoms with Gasteiger partial charge in [-0.3, -0.25) is 0 Å². The number of nitrogens with zero attached hydrogens (tertiary/aromatic N) is 2. The second-order valence-corrected chi connectivity index (χ2v) is 4.29. The minimum atomic E-state index is 0.936. The van der Waals surface area contributed by atoms with Crippen molar-refractivity contribution in [1.29, 1.82) is 0 Å². The molecule has 0 unspecified atom stereocenters. The first-order valence-electron chi connectivity index (χ1n) is 6.97. The minimum Gasteiger partial charge on any atom is -0.370 e. The molecule has 0 aromatic carbocycles. The summed E-state index contributed by atoms with van der Waals surface area (Å²) in [5, 5.41) is 6.66. The molecule has 0 spiro atoms. The van der Waals surface area contributed by atoms with Crippen molar-refractivity contribution in [2.45, 2.75) is 27.2 Å². The van der Waals surface area contributed by atoms with E-state index >= 15 is 0 Å². The van der Waals surface area contributed by atoms with Gasteiger partial charge in [-0.1, -0.05) is 26.8 Å². The van der Waals surface area contributed by atoms with Crippen LogP contribution in [-0.4, -0.2) is 42.6 Å². The third-order valence-corrected chi connectivity index (χ3v) is 2.93. The number of likely N-dealkylation sites (N-methyl/N-ethyl adjacent to an activating group) is 1. The van der Waals surface area contributed by atoms with E-state index in [2.05, 4.69) is 41.3 Å². The molecule has 1 aromatic heterocycles. The minimum absolute atomic E-state index is 0.936. The molecule has 0 aliphatic rings. The number of nitrogens with one attached hydrogen (secondary N) is 2. The first-order valence-corrected chi connectivity index (χ1v) is 6.97. The van der Waals surface area contributed by atoms with Gasteiger partial charge in [0, 0.05) is 19.6 Å². The van der Waals surface area contributed by atoms with Crippen LogP contribution >= 0.6 is 0 Å². The smallest absolute Gasteiger partial charge is 0.128 e. The largest absolute Gasteiger partial charge is 0.370 e. The van der Waals surface area contributed by atoms with Crippen molar-refractivity contribution >= 4 is 11.6 Å². The first kappa shape index (κ1) is 14.8. The molecular formula is C14H26N4. The lowest BCUT2D eigenvalue weighted by molar-refractivity contribution is 0.316. The Hall–Kier alpha value is -1.29. The Labute approximate surface area is 111 Å². The molecule has 4 nitrogen and oxygen atoms in total.